The van der Waals surface area contributed by atoms with E-state index in [0.717, 1.165) is 11.3 Å². The first-order valence-corrected chi connectivity index (χ1v) is 7.64. The fourth-order valence-corrected chi connectivity index (χ4v) is 3.63. The van der Waals surface area contributed by atoms with E-state index in [2.05, 4.69) is 0 Å². The summed E-state index contributed by atoms with van der Waals surface area (Å²) in [4.78, 5) is 0.565. The molecule has 0 saturated carbocycles. The van der Waals surface area contributed by atoms with Crippen LogP contribution in [0.4, 0.5) is 18.9 Å². The molecule has 108 valence electrons. The number of nitrogens with two attached hydrogens (primary N) is 1. The SMILES string of the molecule is NCc1cc(S(=O)(=O)Nc2cc(F)c(F)c(F)c2)cs1. The van der Waals surface area contributed by atoms with E-state index in [1.165, 1.54) is 11.4 Å². The molecule has 0 bridgehead atoms. The number of sulfonamides is 1. The van der Waals surface area contributed by atoms with Gasteiger partial charge < -0.3 is 5.73 Å². The van der Waals surface area contributed by atoms with Gasteiger partial charge in [0.2, 0.25) is 0 Å². The zero-order chi connectivity index (χ0) is 14.9. The monoisotopic (exact) mass is 322 g/mol. The van der Waals surface area contributed by atoms with Crippen molar-refractivity contribution in [2.45, 2.75) is 11.4 Å². The summed E-state index contributed by atoms with van der Waals surface area (Å²) >= 11 is 1.14. The normalized spacial score (nSPS) is 11.6. The van der Waals surface area contributed by atoms with Gasteiger partial charge in [-0.15, -0.1) is 11.3 Å². The fourth-order valence-electron chi connectivity index (χ4n) is 1.44. The van der Waals surface area contributed by atoms with Crippen LogP contribution in [0.2, 0.25) is 0 Å². The number of halogens is 3. The second-order valence-electron chi connectivity index (χ2n) is 3.81. The Kier molecular flexibility index (Phi) is 4.02. The lowest BCUT2D eigenvalue weighted by Gasteiger charge is -2.07. The topological polar surface area (TPSA) is 72.2 Å². The number of hydrogen-bond donors (Lipinski definition) is 2. The van der Waals surface area contributed by atoms with Gasteiger partial charge in [0.25, 0.3) is 10.0 Å². The van der Waals surface area contributed by atoms with Crippen LogP contribution >= 0.6 is 11.3 Å². The molecule has 20 heavy (non-hydrogen) atoms. The number of thiophene rings is 1. The van der Waals surface area contributed by atoms with Crippen molar-refractivity contribution < 1.29 is 21.6 Å². The first-order chi connectivity index (χ1) is 9.33. The van der Waals surface area contributed by atoms with E-state index >= 15 is 0 Å². The van der Waals surface area contributed by atoms with E-state index in [1.807, 2.05) is 4.72 Å². The second-order valence-corrected chi connectivity index (χ2v) is 6.49. The molecule has 0 aliphatic heterocycles. The lowest BCUT2D eigenvalue weighted by atomic mass is 10.3. The number of benzene rings is 1. The van der Waals surface area contributed by atoms with Gasteiger partial charge in [0.1, 0.15) is 0 Å². The van der Waals surface area contributed by atoms with Crippen molar-refractivity contribution in [1.29, 1.82) is 0 Å². The van der Waals surface area contributed by atoms with Crippen LogP contribution in [0.5, 0.6) is 0 Å². The zero-order valence-corrected chi connectivity index (χ0v) is 11.5. The van der Waals surface area contributed by atoms with Gasteiger partial charge in [-0.05, 0) is 6.07 Å². The largest absolute Gasteiger partial charge is 0.326 e. The highest BCUT2D eigenvalue weighted by Crippen LogP contribution is 2.23. The summed E-state index contributed by atoms with van der Waals surface area (Å²) in [6.45, 7) is 0.181. The first-order valence-electron chi connectivity index (χ1n) is 5.28. The molecule has 0 radical (unpaired) electrons. The molecule has 4 nitrogen and oxygen atoms in total. The van der Waals surface area contributed by atoms with Gasteiger partial charge in [0.05, 0.1) is 10.6 Å². The van der Waals surface area contributed by atoms with Crippen LogP contribution in [0.25, 0.3) is 0 Å². The quantitative estimate of drug-likeness (QED) is 0.849. The van der Waals surface area contributed by atoms with Crippen molar-refractivity contribution in [3.63, 3.8) is 0 Å². The number of hydrogen-bond acceptors (Lipinski definition) is 4. The molecule has 9 heteroatoms. The predicted molar refractivity (Wildman–Crippen MR) is 69.3 cm³/mol. The molecule has 1 heterocycles. The molecule has 0 amide bonds. The standard InChI is InChI=1S/C11H9F3N2O2S2/c12-9-1-6(2-10(13)11(9)14)16-20(17,18)8-3-7(4-15)19-5-8/h1-3,5,16H,4,15H2. The lowest BCUT2D eigenvalue weighted by Crippen LogP contribution is -2.13. The van der Waals surface area contributed by atoms with Crippen molar-refractivity contribution in [2.24, 2.45) is 5.73 Å². The van der Waals surface area contributed by atoms with Gasteiger partial charge in [-0.1, -0.05) is 0 Å². The summed E-state index contributed by atoms with van der Waals surface area (Å²) in [5.41, 5.74) is 4.97. The molecule has 2 rings (SSSR count). The van der Waals surface area contributed by atoms with Gasteiger partial charge in [-0.25, -0.2) is 21.6 Å². The fraction of sp³-hybridized carbons (Fsp3) is 0.0909. The van der Waals surface area contributed by atoms with Gasteiger partial charge in [0, 0.05) is 28.9 Å². The maximum Gasteiger partial charge on any atom is 0.262 e. The number of rotatable bonds is 4. The Morgan fingerprint density at radius 1 is 1.15 bits per heavy atom. The summed E-state index contributed by atoms with van der Waals surface area (Å²) in [6.07, 6.45) is 0. The molecule has 0 fully saturated rings. The molecule has 0 aliphatic rings. The summed E-state index contributed by atoms with van der Waals surface area (Å²) in [5.74, 6) is -4.61. The van der Waals surface area contributed by atoms with Gasteiger partial charge >= 0.3 is 0 Å². The molecule has 3 N–H and O–H groups in total. The summed E-state index contributed by atoms with van der Waals surface area (Å²) in [5, 5.41) is 1.35. The number of anilines is 1. The van der Waals surface area contributed by atoms with Crippen LogP contribution in [0.3, 0.4) is 0 Å². The third-order valence-electron chi connectivity index (χ3n) is 2.38. The van der Waals surface area contributed by atoms with Crippen LogP contribution < -0.4 is 10.5 Å². The maximum absolute atomic E-state index is 13.0. The van der Waals surface area contributed by atoms with Crippen LogP contribution in [-0.4, -0.2) is 8.42 Å². The Bertz CT molecular complexity index is 721. The molecule has 0 saturated heterocycles. The van der Waals surface area contributed by atoms with Crippen LogP contribution in [-0.2, 0) is 16.6 Å². The molecule has 0 aliphatic carbocycles. The maximum atomic E-state index is 13.0. The molecule has 1 aromatic carbocycles. The molecular weight excluding hydrogens is 313 g/mol. The third kappa shape index (κ3) is 2.94. The van der Waals surface area contributed by atoms with Crippen LogP contribution in [0.1, 0.15) is 4.88 Å². The minimum absolute atomic E-state index is 0.0758. The van der Waals surface area contributed by atoms with Crippen LogP contribution in [0.15, 0.2) is 28.5 Å². The van der Waals surface area contributed by atoms with E-state index in [1.54, 1.807) is 0 Å². The summed E-state index contributed by atoms with van der Waals surface area (Å²) < 4.78 is 64.7. The minimum Gasteiger partial charge on any atom is -0.326 e. The minimum atomic E-state index is -4.00. The van der Waals surface area contributed by atoms with Crippen molar-refractivity contribution in [2.75, 3.05) is 4.72 Å². The molecular formula is C11H9F3N2O2S2. The third-order valence-corrected chi connectivity index (χ3v) is 4.85. The van der Waals surface area contributed by atoms with E-state index in [-0.39, 0.29) is 11.4 Å². The highest BCUT2D eigenvalue weighted by atomic mass is 32.2. The van der Waals surface area contributed by atoms with Gasteiger partial charge in [0.15, 0.2) is 17.5 Å². The van der Waals surface area contributed by atoms with Crippen molar-refractivity contribution in [1.82, 2.24) is 0 Å². The van der Waals surface area contributed by atoms with Gasteiger partial charge in [-0.3, -0.25) is 4.72 Å². The van der Waals surface area contributed by atoms with Crippen molar-refractivity contribution >= 4 is 27.0 Å². The molecule has 2 aromatic rings. The Morgan fingerprint density at radius 2 is 1.75 bits per heavy atom. The molecule has 0 unspecified atom stereocenters. The van der Waals surface area contributed by atoms with E-state index in [0.29, 0.717) is 17.0 Å². The Morgan fingerprint density at radius 3 is 2.25 bits per heavy atom. The van der Waals surface area contributed by atoms with Gasteiger partial charge in [-0.2, -0.15) is 0 Å². The highest BCUT2D eigenvalue weighted by molar-refractivity contribution is 7.92. The Hall–Kier alpha value is -1.58. The van der Waals surface area contributed by atoms with E-state index < -0.39 is 33.2 Å². The van der Waals surface area contributed by atoms with Crippen molar-refractivity contribution in [3.05, 3.63) is 45.9 Å². The smallest absolute Gasteiger partial charge is 0.262 e. The summed E-state index contributed by atoms with van der Waals surface area (Å²) in [7, 11) is -4.00. The van der Waals surface area contributed by atoms with E-state index in [4.69, 9.17) is 5.73 Å². The van der Waals surface area contributed by atoms with E-state index in [9.17, 15) is 21.6 Å². The second kappa shape index (κ2) is 5.43. The van der Waals surface area contributed by atoms with Crippen LogP contribution in [0, 0.1) is 17.5 Å². The molecule has 1 aromatic heterocycles. The predicted octanol–water partition coefficient (Wildman–Crippen LogP) is 2.42. The number of nitrogens with one attached hydrogen (secondary N) is 1. The first kappa shape index (κ1) is 14.8. The Labute approximate surface area is 117 Å². The zero-order valence-electron chi connectivity index (χ0n) is 9.86. The molecule has 0 atom stereocenters. The average molecular weight is 322 g/mol. The average Bonchev–Trinajstić information content (AvgIpc) is 2.85. The molecule has 0 spiro atoms. The highest BCUT2D eigenvalue weighted by Gasteiger charge is 2.18. The van der Waals surface area contributed by atoms with Crippen molar-refractivity contribution in [3.8, 4) is 0 Å². The lowest BCUT2D eigenvalue weighted by molar-refractivity contribution is 0.448. The Balaban J connectivity index is 2.33. The summed E-state index contributed by atoms with van der Waals surface area (Å²) in [6, 6.07) is 2.47.